The molecule has 0 heterocycles. The lowest BCUT2D eigenvalue weighted by Crippen LogP contribution is -2.64. The molecule has 0 saturated heterocycles. The highest BCUT2D eigenvalue weighted by Crippen LogP contribution is 2.48. The highest BCUT2D eigenvalue weighted by atomic mass is 16.4. The number of aliphatic carboxylic acids is 3. The van der Waals surface area contributed by atoms with E-state index in [1.165, 1.54) is 0 Å². The smallest absolute Gasteiger partial charge is 0.337 e. The standard InChI is InChI=1S/C30H56O7/c1-7-22(4)16-10-11-19-25(26(31)32)30(37,28(35)36)29(27(33)34,20-14-12-17-23(5)8-2)21-15-13-18-24(6)9-3/h22-25,37H,7-21H2,1-6H3,(H,31,32)(H,33,34)(H,35,36). The highest BCUT2D eigenvalue weighted by Gasteiger charge is 2.65. The van der Waals surface area contributed by atoms with Crippen LogP contribution in [0.2, 0.25) is 0 Å². The molecule has 0 amide bonds. The fourth-order valence-corrected chi connectivity index (χ4v) is 5.37. The molecule has 0 radical (unpaired) electrons. The molecular formula is C30H56O7. The van der Waals surface area contributed by atoms with Gasteiger partial charge in [-0.25, -0.2) is 4.79 Å². The van der Waals surface area contributed by atoms with E-state index in [4.69, 9.17) is 0 Å². The maximum absolute atomic E-state index is 12.9. The van der Waals surface area contributed by atoms with Crippen LogP contribution in [0.1, 0.15) is 138 Å². The summed E-state index contributed by atoms with van der Waals surface area (Å²) in [5.41, 5.74) is -4.96. The van der Waals surface area contributed by atoms with Gasteiger partial charge in [0.25, 0.3) is 0 Å². The van der Waals surface area contributed by atoms with Gasteiger partial charge < -0.3 is 20.4 Å². The normalized spacial score (nSPS) is 18.2. The Labute approximate surface area is 225 Å². The average Bonchev–Trinajstić information content (AvgIpc) is 2.85. The second kappa shape index (κ2) is 17.8. The minimum absolute atomic E-state index is 0.0540. The summed E-state index contributed by atoms with van der Waals surface area (Å²) in [6.45, 7) is 12.6. The Kier molecular flexibility index (Phi) is 17.0. The molecule has 5 atom stereocenters. The second-order valence-corrected chi connectivity index (χ2v) is 11.7. The maximum atomic E-state index is 12.9. The van der Waals surface area contributed by atoms with E-state index in [0.29, 0.717) is 56.3 Å². The molecule has 0 aliphatic carbocycles. The van der Waals surface area contributed by atoms with Crippen molar-refractivity contribution in [3.63, 3.8) is 0 Å². The summed E-state index contributed by atoms with van der Waals surface area (Å²) in [6.07, 6.45) is 8.86. The van der Waals surface area contributed by atoms with Crippen molar-refractivity contribution in [2.24, 2.45) is 29.1 Å². The van der Waals surface area contributed by atoms with Crippen molar-refractivity contribution in [2.75, 3.05) is 0 Å². The Morgan fingerprint density at radius 2 is 0.946 bits per heavy atom. The van der Waals surface area contributed by atoms with Crippen molar-refractivity contribution in [1.82, 2.24) is 0 Å². The molecule has 218 valence electrons. The Morgan fingerprint density at radius 3 is 1.24 bits per heavy atom. The van der Waals surface area contributed by atoms with Gasteiger partial charge >= 0.3 is 17.9 Å². The number of hydrogen-bond acceptors (Lipinski definition) is 4. The van der Waals surface area contributed by atoms with Gasteiger partial charge in [0, 0.05) is 0 Å². The first kappa shape index (κ1) is 35.4. The van der Waals surface area contributed by atoms with Crippen molar-refractivity contribution in [2.45, 2.75) is 143 Å². The number of unbranched alkanes of at least 4 members (excludes halogenated alkanes) is 3. The van der Waals surface area contributed by atoms with E-state index >= 15 is 0 Å². The van der Waals surface area contributed by atoms with Crippen LogP contribution in [0.25, 0.3) is 0 Å². The monoisotopic (exact) mass is 528 g/mol. The van der Waals surface area contributed by atoms with Crippen LogP contribution < -0.4 is 0 Å². The van der Waals surface area contributed by atoms with Gasteiger partial charge in [0.1, 0.15) is 5.41 Å². The lowest BCUT2D eigenvalue weighted by Gasteiger charge is -2.45. The zero-order valence-electron chi connectivity index (χ0n) is 24.4. The third-order valence-corrected chi connectivity index (χ3v) is 8.90. The van der Waals surface area contributed by atoms with Crippen LogP contribution in [-0.4, -0.2) is 43.9 Å². The summed E-state index contributed by atoms with van der Waals surface area (Å²) in [6, 6.07) is 0. The maximum Gasteiger partial charge on any atom is 0.337 e. The summed E-state index contributed by atoms with van der Waals surface area (Å²) in [5.74, 6) is -4.89. The summed E-state index contributed by atoms with van der Waals surface area (Å²) in [4.78, 5) is 38.0. The molecule has 7 nitrogen and oxygen atoms in total. The van der Waals surface area contributed by atoms with Crippen molar-refractivity contribution < 1.29 is 34.8 Å². The van der Waals surface area contributed by atoms with Crippen LogP contribution in [0.5, 0.6) is 0 Å². The highest BCUT2D eigenvalue weighted by molar-refractivity contribution is 5.93. The SMILES string of the molecule is CCC(C)CCCCC(C(=O)O)C(O)(C(=O)O)C(CCCCC(C)CC)(CCCCC(C)CC)C(=O)O. The van der Waals surface area contributed by atoms with Gasteiger partial charge in [-0.1, -0.05) is 119 Å². The topological polar surface area (TPSA) is 132 Å². The van der Waals surface area contributed by atoms with E-state index in [0.717, 1.165) is 38.5 Å². The predicted molar refractivity (Wildman–Crippen MR) is 148 cm³/mol. The molecule has 0 spiro atoms. The molecule has 0 rings (SSSR count). The third-order valence-electron chi connectivity index (χ3n) is 8.90. The van der Waals surface area contributed by atoms with Crippen LogP contribution in [0.15, 0.2) is 0 Å². The van der Waals surface area contributed by atoms with Crippen molar-refractivity contribution in [1.29, 1.82) is 0 Å². The molecule has 0 aromatic carbocycles. The molecule has 0 aliphatic heterocycles. The Hall–Kier alpha value is -1.63. The Morgan fingerprint density at radius 1 is 0.595 bits per heavy atom. The first-order valence-corrected chi connectivity index (χ1v) is 14.8. The van der Waals surface area contributed by atoms with Crippen LogP contribution in [-0.2, 0) is 14.4 Å². The zero-order chi connectivity index (χ0) is 28.6. The lowest BCUT2D eigenvalue weighted by atomic mass is 9.59. The molecule has 7 heteroatoms. The molecule has 0 aromatic rings. The number of carbonyl (C=O) groups is 3. The molecule has 37 heavy (non-hydrogen) atoms. The van der Waals surface area contributed by atoms with Crippen LogP contribution in [0, 0.1) is 29.1 Å². The first-order valence-electron chi connectivity index (χ1n) is 14.8. The van der Waals surface area contributed by atoms with Gasteiger partial charge in [0.2, 0.25) is 0 Å². The number of aliphatic hydroxyl groups is 1. The second-order valence-electron chi connectivity index (χ2n) is 11.7. The molecule has 0 aromatic heterocycles. The van der Waals surface area contributed by atoms with E-state index in [9.17, 15) is 34.8 Å². The molecule has 5 unspecified atom stereocenters. The zero-order valence-corrected chi connectivity index (χ0v) is 24.4. The fourth-order valence-electron chi connectivity index (χ4n) is 5.37. The first-order chi connectivity index (χ1) is 17.3. The van der Waals surface area contributed by atoms with E-state index in [1.54, 1.807) is 0 Å². The van der Waals surface area contributed by atoms with E-state index in [-0.39, 0.29) is 19.3 Å². The molecule has 0 saturated carbocycles. The quantitative estimate of drug-likeness (QED) is 0.102. The average molecular weight is 529 g/mol. The lowest BCUT2D eigenvalue weighted by molar-refractivity contribution is -0.207. The third kappa shape index (κ3) is 10.6. The predicted octanol–water partition coefficient (Wildman–Crippen LogP) is 7.39. The Bertz CT molecular complexity index is 659. The number of hydrogen-bond donors (Lipinski definition) is 4. The fraction of sp³-hybridized carbons (Fsp3) is 0.900. The molecule has 4 N–H and O–H groups in total. The van der Waals surface area contributed by atoms with Gasteiger partial charge in [-0.05, 0) is 37.0 Å². The number of carboxylic acid groups (broad SMARTS) is 3. The van der Waals surface area contributed by atoms with E-state index < -0.39 is 34.8 Å². The van der Waals surface area contributed by atoms with Crippen LogP contribution >= 0.6 is 0 Å². The molecular weight excluding hydrogens is 472 g/mol. The summed E-state index contributed by atoms with van der Waals surface area (Å²) < 4.78 is 0. The minimum Gasteiger partial charge on any atom is -0.481 e. The van der Waals surface area contributed by atoms with Crippen molar-refractivity contribution in [3.8, 4) is 0 Å². The Balaban J connectivity index is 6.19. The summed E-state index contributed by atoms with van der Waals surface area (Å²) in [5, 5.41) is 42.7. The van der Waals surface area contributed by atoms with Gasteiger partial charge in [-0.15, -0.1) is 0 Å². The van der Waals surface area contributed by atoms with E-state index in [2.05, 4.69) is 41.5 Å². The minimum atomic E-state index is -2.90. The largest absolute Gasteiger partial charge is 0.481 e. The summed E-state index contributed by atoms with van der Waals surface area (Å²) in [7, 11) is 0. The van der Waals surface area contributed by atoms with Gasteiger partial charge in [-0.2, -0.15) is 0 Å². The van der Waals surface area contributed by atoms with Gasteiger partial charge in [0.15, 0.2) is 5.60 Å². The number of rotatable bonds is 23. The van der Waals surface area contributed by atoms with Crippen molar-refractivity contribution >= 4 is 17.9 Å². The van der Waals surface area contributed by atoms with Gasteiger partial charge in [-0.3, -0.25) is 9.59 Å². The summed E-state index contributed by atoms with van der Waals surface area (Å²) >= 11 is 0. The van der Waals surface area contributed by atoms with Crippen molar-refractivity contribution in [3.05, 3.63) is 0 Å². The molecule has 0 fully saturated rings. The van der Waals surface area contributed by atoms with Crippen LogP contribution in [0.4, 0.5) is 0 Å². The van der Waals surface area contributed by atoms with Gasteiger partial charge in [0.05, 0.1) is 5.92 Å². The molecule has 0 aliphatic rings. The number of carboxylic acids is 3. The van der Waals surface area contributed by atoms with E-state index in [1.807, 2.05) is 0 Å². The molecule has 0 bridgehead atoms. The van der Waals surface area contributed by atoms with Crippen LogP contribution in [0.3, 0.4) is 0 Å².